The van der Waals surface area contributed by atoms with Crippen LogP contribution in [0.5, 0.6) is 0 Å². The van der Waals surface area contributed by atoms with Crippen LogP contribution in [0.25, 0.3) is 0 Å². The lowest BCUT2D eigenvalue weighted by molar-refractivity contribution is -0.137. The first-order valence-corrected chi connectivity index (χ1v) is 7.41. The fraction of sp³-hybridized carbons (Fsp3) is 0.857. The lowest BCUT2D eigenvalue weighted by atomic mass is 9.88. The number of carbonyl (C=O) groups excluding carboxylic acids is 1. The number of amides is 2. The van der Waals surface area contributed by atoms with E-state index in [9.17, 15) is 9.59 Å². The number of carboxylic acid groups (broad SMARTS) is 1. The molecule has 3 fully saturated rings. The normalized spacial score (nSPS) is 37.5. The van der Waals surface area contributed by atoms with Crippen LogP contribution >= 0.6 is 0 Å². The largest absolute Gasteiger partial charge is 0.481 e. The Balaban J connectivity index is 1.55. The second kappa shape index (κ2) is 5.24. The number of urea groups is 1. The Hall–Kier alpha value is -1.30. The first kappa shape index (κ1) is 13.7. The summed E-state index contributed by atoms with van der Waals surface area (Å²) in [6.07, 6.45) is 3.13. The number of carbonyl (C=O) groups is 2. The molecule has 0 unspecified atom stereocenters. The Labute approximate surface area is 118 Å². The molecule has 2 bridgehead atoms. The van der Waals surface area contributed by atoms with Gasteiger partial charge in [-0.3, -0.25) is 4.79 Å². The van der Waals surface area contributed by atoms with E-state index in [4.69, 9.17) is 9.84 Å². The smallest absolute Gasteiger partial charge is 0.317 e. The predicted octanol–water partition coefficient (Wildman–Crippen LogP) is 0.916. The maximum Gasteiger partial charge on any atom is 0.317 e. The van der Waals surface area contributed by atoms with Gasteiger partial charge in [0.1, 0.15) is 0 Å². The highest BCUT2D eigenvalue weighted by Gasteiger charge is 2.60. The Morgan fingerprint density at radius 1 is 1.35 bits per heavy atom. The summed E-state index contributed by atoms with van der Waals surface area (Å²) in [4.78, 5) is 24.6. The molecule has 6 heteroatoms. The summed E-state index contributed by atoms with van der Waals surface area (Å²) in [5.41, 5.74) is 0. The van der Waals surface area contributed by atoms with Gasteiger partial charge in [-0.1, -0.05) is 0 Å². The molecule has 0 aromatic carbocycles. The van der Waals surface area contributed by atoms with Crippen LogP contribution in [-0.2, 0) is 9.53 Å². The van der Waals surface area contributed by atoms with Crippen molar-refractivity contribution in [3.05, 3.63) is 0 Å². The lowest BCUT2D eigenvalue weighted by Crippen LogP contribution is -2.48. The summed E-state index contributed by atoms with van der Waals surface area (Å²) in [5.74, 6) is 1.04. The number of rotatable bonds is 5. The van der Waals surface area contributed by atoms with Crippen LogP contribution in [-0.4, -0.2) is 54.4 Å². The first-order valence-electron chi connectivity index (χ1n) is 7.41. The molecule has 1 saturated heterocycles. The van der Waals surface area contributed by atoms with Crippen LogP contribution in [0.1, 0.15) is 25.7 Å². The summed E-state index contributed by atoms with van der Waals surface area (Å²) in [6, 6.07) is 0.167. The van der Waals surface area contributed by atoms with Gasteiger partial charge in [-0.15, -0.1) is 0 Å². The molecule has 1 heterocycles. The highest BCUT2D eigenvalue weighted by Crippen LogP contribution is 2.55. The zero-order valence-corrected chi connectivity index (χ0v) is 11.7. The summed E-state index contributed by atoms with van der Waals surface area (Å²) < 4.78 is 5.61. The molecule has 20 heavy (non-hydrogen) atoms. The average Bonchev–Trinajstić information content (AvgIpc) is 3.01. The zero-order chi connectivity index (χ0) is 14.3. The summed E-state index contributed by atoms with van der Waals surface area (Å²) in [7, 11) is 1.74. The quantitative estimate of drug-likeness (QED) is 0.735. The van der Waals surface area contributed by atoms with Gasteiger partial charge in [-0.05, 0) is 37.0 Å². The Bertz CT molecular complexity index is 412. The van der Waals surface area contributed by atoms with Gasteiger partial charge in [0, 0.05) is 26.6 Å². The van der Waals surface area contributed by atoms with E-state index in [1.54, 1.807) is 7.11 Å². The van der Waals surface area contributed by atoms with Gasteiger partial charge in [-0.2, -0.15) is 0 Å². The van der Waals surface area contributed by atoms with Gasteiger partial charge in [0.05, 0.1) is 12.1 Å². The average molecular weight is 282 g/mol. The monoisotopic (exact) mass is 282 g/mol. The van der Waals surface area contributed by atoms with Gasteiger partial charge in [0.15, 0.2) is 0 Å². The molecular formula is C14H22N2O4. The molecule has 0 radical (unpaired) electrons. The van der Waals surface area contributed by atoms with Gasteiger partial charge in [0.25, 0.3) is 0 Å². The molecule has 2 aliphatic carbocycles. The summed E-state index contributed by atoms with van der Waals surface area (Å²) >= 11 is 0. The number of hydrogen-bond donors (Lipinski definition) is 2. The maximum atomic E-state index is 12.3. The topological polar surface area (TPSA) is 78.9 Å². The molecule has 2 N–H and O–H groups in total. The molecule has 1 aliphatic heterocycles. The van der Waals surface area contributed by atoms with Crippen molar-refractivity contribution in [3.8, 4) is 0 Å². The molecule has 3 rings (SSSR count). The highest BCUT2D eigenvalue weighted by molar-refractivity contribution is 5.75. The first-order chi connectivity index (χ1) is 9.61. The van der Waals surface area contributed by atoms with Crippen LogP contribution < -0.4 is 5.32 Å². The molecule has 2 amide bonds. The van der Waals surface area contributed by atoms with Crippen molar-refractivity contribution in [2.45, 2.75) is 37.8 Å². The van der Waals surface area contributed by atoms with E-state index in [-0.39, 0.29) is 24.6 Å². The number of nitrogens with zero attached hydrogens (tertiary/aromatic N) is 1. The molecular weight excluding hydrogens is 260 g/mol. The van der Waals surface area contributed by atoms with Gasteiger partial charge < -0.3 is 20.1 Å². The third-order valence-corrected chi connectivity index (χ3v) is 5.19. The van der Waals surface area contributed by atoms with Crippen LogP contribution in [0.3, 0.4) is 0 Å². The fourth-order valence-electron chi connectivity index (χ4n) is 4.49. The van der Waals surface area contributed by atoms with E-state index in [0.29, 0.717) is 30.7 Å². The number of methoxy groups -OCH3 is 1. The molecule has 112 valence electrons. The van der Waals surface area contributed by atoms with E-state index in [2.05, 4.69) is 5.32 Å². The Kier molecular flexibility index (Phi) is 3.58. The standard InChI is InChI=1S/C14H22N2O4/c1-20-13-8-5-9-7-16(12(13)10(9)6-8)14(19)15-4-2-3-11(17)18/h8-10,12-13H,2-7H2,1H3,(H,15,19)(H,17,18)/t8-,9+,10-,12-,13+/m0/s1. The fourth-order valence-corrected chi connectivity index (χ4v) is 4.49. The van der Waals surface area contributed by atoms with Crippen molar-refractivity contribution in [2.75, 3.05) is 20.2 Å². The van der Waals surface area contributed by atoms with Crippen molar-refractivity contribution < 1.29 is 19.4 Å². The van der Waals surface area contributed by atoms with Crippen molar-refractivity contribution in [1.82, 2.24) is 10.2 Å². The number of aliphatic carboxylic acids is 1. The summed E-state index contributed by atoms with van der Waals surface area (Å²) in [6.45, 7) is 1.25. The predicted molar refractivity (Wildman–Crippen MR) is 71.3 cm³/mol. The minimum atomic E-state index is -0.823. The van der Waals surface area contributed by atoms with Crippen LogP contribution in [0, 0.1) is 17.8 Å². The van der Waals surface area contributed by atoms with Gasteiger partial charge >= 0.3 is 12.0 Å². The number of nitrogens with one attached hydrogen (secondary N) is 1. The SMILES string of the molecule is CO[C@@H]1[C@H]2C[C@@H]3CN(C(=O)NCCCC(=O)O)[C@H]1[C@H]3C2. The third kappa shape index (κ3) is 2.16. The lowest BCUT2D eigenvalue weighted by Gasteiger charge is -2.31. The van der Waals surface area contributed by atoms with Crippen molar-refractivity contribution in [2.24, 2.45) is 17.8 Å². The number of ether oxygens (including phenoxy) is 1. The van der Waals surface area contributed by atoms with Crippen molar-refractivity contribution >= 4 is 12.0 Å². The number of carboxylic acids is 1. The third-order valence-electron chi connectivity index (χ3n) is 5.19. The number of fused-ring (bicyclic) bond motifs is 1. The Morgan fingerprint density at radius 2 is 2.15 bits per heavy atom. The molecule has 2 saturated carbocycles. The van der Waals surface area contributed by atoms with Gasteiger partial charge in [0.2, 0.25) is 0 Å². The maximum absolute atomic E-state index is 12.3. The van der Waals surface area contributed by atoms with E-state index < -0.39 is 5.97 Å². The Morgan fingerprint density at radius 3 is 2.85 bits per heavy atom. The number of hydrogen-bond acceptors (Lipinski definition) is 3. The van der Waals surface area contributed by atoms with E-state index in [1.807, 2.05) is 4.90 Å². The minimum absolute atomic E-state index is 0.0579. The molecule has 6 nitrogen and oxygen atoms in total. The van der Waals surface area contributed by atoms with Crippen molar-refractivity contribution in [1.29, 1.82) is 0 Å². The molecule has 0 aromatic rings. The minimum Gasteiger partial charge on any atom is -0.481 e. The highest BCUT2D eigenvalue weighted by atomic mass is 16.5. The second-order valence-electron chi connectivity index (χ2n) is 6.23. The van der Waals surface area contributed by atoms with E-state index >= 15 is 0 Å². The van der Waals surface area contributed by atoms with Gasteiger partial charge in [-0.25, -0.2) is 4.79 Å². The van der Waals surface area contributed by atoms with Crippen LogP contribution in [0.15, 0.2) is 0 Å². The number of likely N-dealkylation sites (tertiary alicyclic amines) is 1. The summed E-state index contributed by atoms with van der Waals surface area (Å²) in [5, 5.41) is 11.4. The van der Waals surface area contributed by atoms with E-state index in [1.165, 1.54) is 12.8 Å². The van der Waals surface area contributed by atoms with E-state index in [0.717, 1.165) is 6.54 Å². The molecule has 0 aromatic heterocycles. The van der Waals surface area contributed by atoms with Crippen LogP contribution in [0.4, 0.5) is 4.79 Å². The molecule has 3 aliphatic rings. The molecule has 5 atom stereocenters. The molecule has 0 spiro atoms. The van der Waals surface area contributed by atoms with Crippen LogP contribution in [0.2, 0.25) is 0 Å². The zero-order valence-electron chi connectivity index (χ0n) is 11.7. The van der Waals surface area contributed by atoms with Crippen molar-refractivity contribution in [3.63, 3.8) is 0 Å². The second-order valence-corrected chi connectivity index (χ2v) is 6.23.